The maximum atomic E-state index is 12.8. The summed E-state index contributed by atoms with van der Waals surface area (Å²) >= 11 is 0. The summed E-state index contributed by atoms with van der Waals surface area (Å²) in [5, 5.41) is 2.77. The first-order valence-electron chi connectivity index (χ1n) is 9.80. The van der Waals surface area contributed by atoms with E-state index < -0.39 is 10.0 Å². The van der Waals surface area contributed by atoms with E-state index in [4.69, 9.17) is 4.74 Å². The molecule has 0 atom stereocenters. The smallest absolute Gasteiger partial charge is 0.240 e. The number of carbonyl (C=O) groups is 1. The third kappa shape index (κ3) is 4.84. The van der Waals surface area contributed by atoms with Gasteiger partial charge in [0.25, 0.3) is 0 Å². The number of nitrogens with one attached hydrogen (secondary N) is 2. The summed E-state index contributed by atoms with van der Waals surface area (Å²) in [6.45, 7) is 4.23. The Hall–Kier alpha value is -2.26. The highest BCUT2D eigenvalue weighted by Crippen LogP contribution is 2.25. The molecule has 0 spiro atoms. The molecule has 2 N–H and O–H groups in total. The molecule has 1 fully saturated rings. The van der Waals surface area contributed by atoms with Gasteiger partial charge in [-0.3, -0.25) is 9.69 Å². The van der Waals surface area contributed by atoms with Gasteiger partial charge in [0.2, 0.25) is 15.9 Å². The number of benzene rings is 2. The summed E-state index contributed by atoms with van der Waals surface area (Å²) in [7, 11) is -3.65. The van der Waals surface area contributed by atoms with Gasteiger partial charge in [-0.1, -0.05) is 24.3 Å². The number of hydrogen-bond acceptors (Lipinski definition) is 5. The SMILES string of the molecule is O=C1CCc2cc(S(=O)(=O)NCc3ccccc3CN3CCOCC3)ccc2N1. The Labute approximate surface area is 171 Å². The lowest BCUT2D eigenvalue weighted by molar-refractivity contribution is -0.116. The zero-order chi connectivity index (χ0) is 20.3. The van der Waals surface area contributed by atoms with Crippen LogP contribution in [-0.2, 0) is 39.1 Å². The highest BCUT2D eigenvalue weighted by Gasteiger charge is 2.20. The monoisotopic (exact) mass is 415 g/mol. The molecule has 0 radical (unpaired) electrons. The minimum absolute atomic E-state index is 0.0388. The molecule has 4 rings (SSSR count). The Balaban J connectivity index is 1.46. The molecule has 2 heterocycles. The molecular formula is C21H25N3O4S. The van der Waals surface area contributed by atoms with Crippen LogP contribution < -0.4 is 10.0 Å². The molecular weight excluding hydrogens is 390 g/mol. The molecule has 7 nitrogen and oxygen atoms in total. The maximum absolute atomic E-state index is 12.8. The number of morpholine rings is 1. The van der Waals surface area contributed by atoms with Crippen molar-refractivity contribution in [1.82, 2.24) is 9.62 Å². The van der Waals surface area contributed by atoms with Crippen molar-refractivity contribution in [3.05, 3.63) is 59.2 Å². The van der Waals surface area contributed by atoms with Gasteiger partial charge in [-0.25, -0.2) is 13.1 Å². The Kier molecular flexibility index (Phi) is 5.96. The molecule has 1 saturated heterocycles. The lowest BCUT2D eigenvalue weighted by Gasteiger charge is -2.27. The van der Waals surface area contributed by atoms with Crippen LogP contribution in [0.25, 0.3) is 0 Å². The van der Waals surface area contributed by atoms with Crippen molar-refractivity contribution in [2.45, 2.75) is 30.8 Å². The standard InChI is InChI=1S/C21H25N3O4S/c25-21-8-5-16-13-19(6-7-20(16)23-21)29(26,27)22-14-17-3-1-2-4-18(17)15-24-9-11-28-12-10-24/h1-4,6-7,13,22H,5,8-12,14-15H2,(H,23,25). The summed E-state index contributed by atoms with van der Waals surface area (Å²) in [6, 6.07) is 12.7. The zero-order valence-electron chi connectivity index (χ0n) is 16.2. The van der Waals surface area contributed by atoms with Crippen LogP contribution in [0.3, 0.4) is 0 Å². The van der Waals surface area contributed by atoms with E-state index in [1.54, 1.807) is 12.1 Å². The van der Waals surface area contributed by atoms with Gasteiger partial charge in [-0.15, -0.1) is 0 Å². The van der Waals surface area contributed by atoms with Crippen molar-refractivity contribution in [3.63, 3.8) is 0 Å². The van der Waals surface area contributed by atoms with E-state index >= 15 is 0 Å². The van der Waals surface area contributed by atoms with Crippen LogP contribution in [0, 0.1) is 0 Å². The Bertz CT molecular complexity index is 1000. The first kappa shape index (κ1) is 20.0. The van der Waals surface area contributed by atoms with Crippen LogP contribution in [-0.4, -0.2) is 45.5 Å². The number of hydrogen-bond donors (Lipinski definition) is 2. The quantitative estimate of drug-likeness (QED) is 0.752. The van der Waals surface area contributed by atoms with E-state index in [0.717, 1.165) is 49.5 Å². The first-order chi connectivity index (χ1) is 14.0. The zero-order valence-corrected chi connectivity index (χ0v) is 17.0. The van der Waals surface area contributed by atoms with Crippen LogP contribution in [0.2, 0.25) is 0 Å². The average Bonchev–Trinajstić information content (AvgIpc) is 2.73. The van der Waals surface area contributed by atoms with Crippen molar-refractivity contribution in [1.29, 1.82) is 0 Å². The number of sulfonamides is 1. The predicted molar refractivity (Wildman–Crippen MR) is 110 cm³/mol. The molecule has 0 saturated carbocycles. The normalized spacial score (nSPS) is 17.6. The number of ether oxygens (including phenoxy) is 1. The molecule has 154 valence electrons. The number of fused-ring (bicyclic) bond motifs is 1. The highest BCUT2D eigenvalue weighted by molar-refractivity contribution is 7.89. The van der Waals surface area contributed by atoms with Gasteiger partial charge in [0, 0.05) is 38.3 Å². The lowest BCUT2D eigenvalue weighted by atomic mass is 10.0. The van der Waals surface area contributed by atoms with Gasteiger partial charge in [-0.05, 0) is 41.3 Å². The first-order valence-corrected chi connectivity index (χ1v) is 11.3. The van der Waals surface area contributed by atoms with Gasteiger partial charge < -0.3 is 10.1 Å². The predicted octanol–water partition coefficient (Wildman–Crippen LogP) is 1.88. The van der Waals surface area contributed by atoms with Crippen molar-refractivity contribution >= 4 is 21.6 Å². The van der Waals surface area contributed by atoms with Gasteiger partial charge >= 0.3 is 0 Å². The van der Waals surface area contributed by atoms with Gasteiger partial charge in [0.1, 0.15) is 0 Å². The number of rotatable bonds is 6. The molecule has 0 aliphatic carbocycles. The largest absolute Gasteiger partial charge is 0.379 e. The molecule has 0 unspecified atom stereocenters. The summed E-state index contributed by atoms with van der Waals surface area (Å²) in [5.74, 6) is -0.0388. The second-order valence-corrected chi connectivity index (χ2v) is 9.12. The Morgan fingerprint density at radius 2 is 1.79 bits per heavy atom. The summed E-state index contributed by atoms with van der Waals surface area (Å²) in [4.78, 5) is 14.0. The second-order valence-electron chi connectivity index (χ2n) is 7.35. The van der Waals surface area contributed by atoms with Crippen molar-refractivity contribution < 1.29 is 17.9 Å². The molecule has 1 amide bonds. The Morgan fingerprint density at radius 3 is 2.59 bits per heavy atom. The van der Waals surface area contributed by atoms with E-state index in [2.05, 4.69) is 14.9 Å². The van der Waals surface area contributed by atoms with Crippen molar-refractivity contribution in [2.24, 2.45) is 0 Å². The number of amides is 1. The topological polar surface area (TPSA) is 87.7 Å². The summed E-state index contributed by atoms with van der Waals surface area (Å²) in [5.41, 5.74) is 3.62. The van der Waals surface area contributed by atoms with Crippen LogP contribution in [0.4, 0.5) is 5.69 Å². The van der Waals surface area contributed by atoms with Gasteiger partial charge in [-0.2, -0.15) is 0 Å². The maximum Gasteiger partial charge on any atom is 0.240 e. The lowest BCUT2D eigenvalue weighted by Crippen LogP contribution is -2.36. The van der Waals surface area contributed by atoms with Gasteiger partial charge in [0.15, 0.2) is 0 Å². The minimum atomic E-state index is -3.65. The van der Waals surface area contributed by atoms with Crippen LogP contribution in [0.1, 0.15) is 23.1 Å². The third-order valence-corrected chi connectivity index (χ3v) is 6.75. The van der Waals surface area contributed by atoms with Crippen molar-refractivity contribution in [2.75, 3.05) is 31.6 Å². The van der Waals surface area contributed by atoms with E-state index in [9.17, 15) is 13.2 Å². The van der Waals surface area contributed by atoms with E-state index in [0.29, 0.717) is 18.5 Å². The average molecular weight is 416 g/mol. The number of aryl methyl sites for hydroxylation is 1. The molecule has 2 aliphatic rings. The molecule has 0 aromatic heterocycles. The minimum Gasteiger partial charge on any atom is -0.379 e. The third-order valence-electron chi connectivity index (χ3n) is 5.35. The fraction of sp³-hybridized carbons (Fsp3) is 0.381. The van der Waals surface area contributed by atoms with E-state index in [1.165, 1.54) is 6.07 Å². The van der Waals surface area contributed by atoms with E-state index in [-0.39, 0.29) is 17.3 Å². The second kappa shape index (κ2) is 8.62. The molecule has 2 aliphatic heterocycles. The van der Waals surface area contributed by atoms with E-state index in [1.807, 2.05) is 24.3 Å². The number of anilines is 1. The molecule has 0 bridgehead atoms. The molecule has 2 aromatic carbocycles. The van der Waals surface area contributed by atoms with Crippen LogP contribution >= 0.6 is 0 Å². The summed E-state index contributed by atoms with van der Waals surface area (Å²) in [6.07, 6.45) is 0.922. The number of nitrogens with zero attached hydrogens (tertiary/aromatic N) is 1. The molecule has 29 heavy (non-hydrogen) atoms. The fourth-order valence-corrected chi connectivity index (χ4v) is 4.72. The van der Waals surface area contributed by atoms with Crippen molar-refractivity contribution in [3.8, 4) is 0 Å². The summed E-state index contributed by atoms with van der Waals surface area (Å²) < 4.78 is 33.8. The Morgan fingerprint density at radius 1 is 1.03 bits per heavy atom. The van der Waals surface area contributed by atoms with Crippen LogP contribution in [0.15, 0.2) is 47.4 Å². The number of carbonyl (C=O) groups excluding carboxylic acids is 1. The highest BCUT2D eigenvalue weighted by atomic mass is 32.2. The van der Waals surface area contributed by atoms with Gasteiger partial charge in [0.05, 0.1) is 18.1 Å². The molecule has 8 heteroatoms. The van der Waals surface area contributed by atoms with Crippen LogP contribution in [0.5, 0.6) is 0 Å². The molecule has 2 aromatic rings. The fourth-order valence-electron chi connectivity index (χ4n) is 3.67.